The molecule has 2 aromatic rings. The maximum Gasteiger partial charge on any atom is 0.270 e. The summed E-state index contributed by atoms with van der Waals surface area (Å²) in [5.41, 5.74) is 15.3. The first-order valence-corrected chi connectivity index (χ1v) is 12.6. The fourth-order valence-corrected chi connectivity index (χ4v) is 4.72. The van der Waals surface area contributed by atoms with Crippen molar-refractivity contribution in [3.05, 3.63) is 41.6 Å². The van der Waals surface area contributed by atoms with Crippen LogP contribution in [0.5, 0.6) is 5.88 Å². The van der Waals surface area contributed by atoms with E-state index in [9.17, 15) is 4.79 Å². The maximum atomic E-state index is 12.6. The van der Waals surface area contributed by atoms with Gasteiger partial charge in [-0.2, -0.15) is 0 Å². The van der Waals surface area contributed by atoms with Crippen molar-refractivity contribution in [3.8, 4) is 5.88 Å². The summed E-state index contributed by atoms with van der Waals surface area (Å²) >= 11 is 0. The number of carbonyl (C=O) groups excluding carboxylic acids is 1. The normalized spacial score (nSPS) is 17.9. The molecule has 0 bridgehead atoms. The number of amides is 1. The number of nitrogen functional groups attached to an aromatic ring is 2. The van der Waals surface area contributed by atoms with Gasteiger partial charge >= 0.3 is 0 Å². The number of nitrogens with one attached hydrogen (secondary N) is 1. The molecule has 1 aromatic carbocycles. The maximum absolute atomic E-state index is 12.6. The third-order valence-electron chi connectivity index (χ3n) is 7.04. The van der Waals surface area contributed by atoms with Gasteiger partial charge in [0.05, 0.1) is 12.3 Å². The third kappa shape index (κ3) is 6.55. The van der Waals surface area contributed by atoms with Crippen molar-refractivity contribution < 1.29 is 9.53 Å². The molecule has 0 spiro atoms. The van der Waals surface area contributed by atoms with E-state index in [2.05, 4.69) is 56.3 Å². The van der Waals surface area contributed by atoms with Crippen molar-refractivity contribution in [2.45, 2.75) is 26.3 Å². The fraction of sp³-hybridized carbons (Fsp3) is 0.538. The number of anilines is 3. The Labute approximate surface area is 208 Å². The number of hydrogen-bond acceptors (Lipinski definition) is 8. The van der Waals surface area contributed by atoms with Gasteiger partial charge in [-0.1, -0.05) is 12.1 Å². The number of carbonyl (C=O) groups is 1. The topological polar surface area (TPSA) is 113 Å². The van der Waals surface area contributed by atoms with Gasteiger partial charge in [0.15, 0.2) is 0 Å². The van der Waals surface area contributed by atoms with Crippen molar-refractivity contribution in [2.75, 3.05) is 75.8 Å². The monoisotopic (exact) mass is 481 g/mol. The Balaban J connectivity index is 1.21. The molecule has 3 heterocycles. The Hall–Kier alpha value is -3.04. The van der Waals surface area contributed by atoms with E-state index in [1.54, 1.807) is 0 Å². The number of nitrogens with two attached hydrogens (primary N) is 2. The molecule has 35 heavy (non-hydrogen) atoms. The lowest BCUT2D eigenvalue weighted by molar-refractivity contribution is 0.0929. The van der Waals surface area contributed by atoms with Gasteiger partial charge in [0.25, 0.3) is 5.91 Å². The summed E-state index contributed by atoms with van der Waals surface area (Å²) in [5, 5.41) is 3.01. The molecule has 0 unspecified atom stereocenters. The van der Waals surface area contributed by atoms with E-state index in [1.165, 1.54) is 17.3 Å². The lowest BCUT2D eigenvalue weighted by atomic mass is 9.96. The molecule has 0 radical (unpaired) electrons. The highest BCUT2D eigenvalue weighted by atomic mass is 16.5. The standard InChI is InChI=1S/C26H39N7O2/c1-3-35-26-24(28)22(27)16-23(30-26)25(34)29-17-19-8-10-32(11-9-19)18-20-4-6-21(7-5-20)33-14-12-31(2)13-15-33/h4-7,16,19H,3,8-15,17-18,28H2,1-2H3,(H2,27,30)(H,29,34). The molecule has 0 atom stereocenters. The van der Waals surface area contributed by atoms with Gasteiger partial charge in [0, 0.05) is 45.0 Å². The van der Waals surface area contributed by atoms with Gasteiger partial charge in [0.1, 0.15) is 11.4 Å². The third-order valence-corrected chi connectivity index (χ3v) is 7.04. The number of rotatable bonds is 8. The molecule has 1 amide bonds. The van der Waals surface area contributed by atoms with Gasteiger partial charge < -0.3 is 31.3 Å². The van der Waals surface area contributed by atoms with E-state index in [1.807, 2.05) is 6.92 Å². The molecule has 9 heteroatoms. The van der Waals surface area contributed by atoms with Crippen LogP contribution in [0.15, 0.2) is 30.3 Å². The van der Waals surface area contributed by atoms with Crippen molar-refractivity contribution in [1.29, 1.82) is 0 Å². The van der Waals surface area contributed by atoms with E-state index < -0.39 is 0 Å². The number of benzene rings is 1. The molecular weight excluding hydrogens is 442 g/mol. The molecule has 190 valence electrons. The molecule has 2 fully saturated rings. The van der Waals surface area contributed by atoms with Crippen LogP contribution < -0.4 is 26.4 Å². The second kappa shape index (κ2) is 11.6. The van der Waals surface area contributed by atoms with Crippen LogP contribution in [0, 0.1) is 5.92 Å². The highest BCUT2D eigenvalue weighted by molar-refractivity contribution is 5.94. The van der Waals surface area contributed by atoms with Gasteiger partial charge in [-0.3, -0.25) is 9.69 Å². The van der Waals surface area contributed by atoms with Gasteiger partial charge in [-0.25, -0.2) is 4.98 Å². The van der Waals surface area contributed by atoms with Crippen LogP contribution in [0.2, 0.25) is 0 Å². The first-order valence-electron chi connectivity index (χ1n) is 12.6. The van der Waals surface area contributed by atoms with E-state index in [0.717, 1.165) is 58.7 Å². The molecule has 2 aliphatic heterocycles. The van der Waals surface area contributed by atoms with Crippen LogP contribution in [0.25, 0.3) is 0 Å². The summed E-state index contributed by atoms with van der Waals surface area (Å²) in [4.78, 5) is 24.2. The van der Waals surface area contributed by atoms with Crippen LogP contribution >= 0.6 is 0 Å². The quantitative estimate of drug-likeness (QED) is 0.525. The Kier molecular flexibility index (Phi) is 8.30. The molecule has 4 rings (SSSR count). The Morgan fingerprint density at radius 2 is 1.77 bits per heavy atom. The predicted molar refractivity (Wildman–Crippen MR) is 141 cm³/mol. The van der Waals surface area contributed by atoms with E-state index >= 15 is 0 Å². The summed E-state index contributed by atoms with van der Waals surface area (Å²) in [7, 11) is 2.18. The first-order chi connectivity index (χ1) is 16.9. The van der Waals surface area contributed by atoms with E-state index in [4.69, 9.17) is 16.2 Å². The zero-order valence-electron chi connectivity index (χ0n) is 21.0. The fourth-order valence-electron chi connectivity index (χ4n) is 4.72. The Morgan fingerprint density at radius 1 is 1.09 bits per heavy atom. The van der Waals surface area contributed by atoms with Crippen LogP contribution in [-0.2, 0) is 6.54 Å². The summed E-state index contributed by atoms with van der Waals surface area (Å²) in [6.45, 7) is 10.3. The zero-order chi connectivity index (χ0) is 24.8. The van der Waals surface area contributed by atoms with Gasteiger partial charge in [-0.15, -0.1) is 0 Å². The van der Waals surface area contributed by atoms with Crippen LogP contribution in [0.1, 0.15) is 35.8 Å². The second-order valence-electron chi connectivity index (χ2n) is 9.63. The largest absolute Gasteiger partial charge is 0.476 e. The minimum Gasteiger partial charge on any atom is -0.476 e. The van der Waals surface area contributed by atoms with Crippen LogP contribution in [-0.4, -0.2) is 80.2 Å². The lowest BCUT2D eigenvalue weighted by Crippen LogP contribution is -2.44. The minimum absolute atomic E-state index is 0.211. The van der Waals surface area contributed by atoms with Crippen LogP contribution in [0.4, 0.5) is 17.1 Å². The first kappa shape index (κ1) is 25.1. The summed E-state index contributed by atoms with van der Waals surface area (Å²) in [6.07, 6.45) is 2.11. The highest BCUT2D eigenvalue weighted by Gasteiger charge is 2.21. The molecular formula is C26H39N7O2. The SMILES string of the molecule is CCOc1nc(C(=O)NCC2CCN(Cc3ccc(N4CCN(C)CC4)cc3)CC2)cc(N)c1N. The van der Waals surface area contributed by atoms with E-state index in [-0.39, 0.29) is 23.2 Å². The number of piperazine rings is 1. The molecule has 1 aromatic heterocycles. The van der Waals surface area contributed by atoms with Crippen molar-refractivity contribution >= 4 is 23.0 Å². The molecule has 0 saturated carbocycles. The number of piperidine rings is 1. The number of hydrogen-bond donors (Lipinski definition) is 3. The predicted octanol–water partition coefficient (Wildman–Crippen LogP) is 2.04. The summed E-state index contributed by atoms with van der Waals surface area (Å²) in [5.74, 6) is 0.412. The molecule has 2 aliphatic rings. The number of likely N-dealkylation sites (tertiary alicyclic amines) is 1. The average Bonchev–Trinajstić information content (AvgIpc) is 2.87. The zero-order valence-corrected chi connectivity index (χ0v) is 21.0. The minimum atomic E-state index is -0.250. The van der Waals surface area contributed by atoms with Gasteiger partial charge in [-0.05, 0) is 69.6 Å². The molecule has 9 nitrogen and oxygen atoms in total. The summed E-state index contributed by atoms with van der Waals surface area (Å²) < 4.78 is 5.40. The van der Waals surface area contributed by atoms with Crippen molar-refractivity contribution in [2.24, 2.45) is 5.92 Å². The van der Waals surface area contributed by atoms with Crippen LogP contribution in [0.3, 0.4) is 0 Å². The smallest absolute Gasteiger partial charge is 0.270 e. The van der Waals surface area contributed by atoms with Crippen molar-refractivity contribution in [3.63, 3.8) is 0 Å². The van der Waals surface area contributed by atoms with Crippen molar-refractivity contribution in [1.82, 2.24) is 20.1 Å². The second-order valence-corrected chi connectivity index (χ2v) is 9.63. The molecule has 2 saturated heterocycles. The molecule has 0 aliphatic carbocycles. The summed E-state index contributed by atoms with van der Waals surface area (Å²) in [6, 6.07) is 10.6. The number of likely N-dealkylation sites (N-methyl/N-ethyl adjacent to an activating group) is 1. The van der Waals surface area contributed by atoms with E-state index in [0.29, 0.717) is 24.8 Å². The Bertz CT molecular complexity index is 982. The highest BCUT2D eigenvalue weighted by Crippen LogP contribution is 2.26. The number of ether oxygens (including phenoxy) is 1. The lowest BCUT2D eigenvalue weighted by Gasteiger charge is -2.34. The van der Waals surface area contributed by atoms with Gasteiger partial charge in [0.2, 0.25) is 5.88 Å². The number of pyridine rings is 1. The molecule has 5 N–H and O–H groups in total. The average molecular weight is 482 g/mol. The number of aromatic nitrogens is 1. The number of nitrogens with zero attached hydrogens (tertiary/aromatic N) is 4. The Morgan fingerprint density at radius 3 is 2.43 bits per heavy atom.